The number of nitrogens with one attached hydrogen (secondary N) is 1. The van der Waals surface area contributed by atoms with Crippen LogP contribution in [0.15, 0.2) is 18.3 Å². The second-order valence-electron chi connectivity index (χ2n) is 6.72. The average Bonchev–Trinajstić information content (AvgIpc) is 2.68. The SMILES string of the molecule is CCOC(=O)N1CCC(NC(=O)CCc2ccnc(N(CC)CC)c2)CC1. The molecule has 1 aromatic rings. The quantitative estimate of drug-likeness (QED) is 0.755. The third kappa shape index (κ3) is 6.41. The zero-order valence-electron chi connectivity index (χ0n) is 16.7. The molecule has 0 bridgehead atoms. The summed E-state index contributed by atoms with van der Waals surface area (Å²) in [5.74, 6) is 1.02. The van der Waals surface area contributed by atoms with Crippen molar-refractivity contribution < 1.29 is 14.3 Å². The predicted molar refractivity (Wildman–Crippen MR) is 106 cm³/mol. The largest absolute Gasteiger partial charge is 0.450 e. The lowest BCUT2D eigenvalue weighted by Crippen LogP contribution is -2.46. The average molecular weight is 377 g/mol. The maximum absolute atomic E-state index is 12.3. The number of pyridine rings is 1. The normalized spacial score (nSPS) is 14.7. The van der Waals surface area contributed by atoms with Gasteiger partial charge in [0, 0.05) is 44.8 Å². The lowest BCUT2D eigenvalue weighted by Gasteiger charge is -2.31. The number of hydrogen-bond acceptors (Lipinski definition) is 5. The van der Waals surface area contributed by atoms with E-state index < -0.39 is 0 Å². The Kier molecular flexibility index (Phi) is 8.36. The van der Waals surface area contributed by atoms with Gasteiger partial charge in [-0.25, -0.2) is 9.78 Å². The molecule has 0 atom stereocenters. The number of aromatic nitrogens is 1. The predicted octanol–water partition coefficient (Wildman–Crippen LogP) is 2.60. The summed E-state index contributed by atoms with van der Waals surface area (Å²) < 4.78 is 5.02. The molecule has 2 rings (SSSR count). The number of amides is 2. The van der Waals surface area contributed by atoms with Crippen LogP contribution >= 0.6 is 0 Å². The van der Waals surface area contributed by atoms with Gasteiger partial charge in [-0.3, -0.25) is 4.79 Å². The number of carbonyl (C=O) groups is 2. The van der Waals surface area contributed by atoms with E-state index in [1.54, 1.807) is 11.8 Å². The van der Waals surface area contributed by atoms with Gasteiger partial charge in [0.2, 0.25) is 5.91 Å². The summed E-state index contributed by atoms with van der Waals surface area (Å²) in [7, 11) is 0. The Bertz CT molecular complexity index is 611. The van der Waals surface area contributed by atoms with Crippen molar-refractivity contribution in [2.24, 2.45) is 0 Å². The number of anilines is 1. The molecule has 1 aliphatic heterocycles. The zero-order valence-corrected chi connectivity index (χ0v) is 16.7. The highest BCUT2D eigenvalue weighted by Crippen LogP contribution is 2.15. The summed E-state index contributed by atoms with van der Waals surface area (Å²) in [5.41, 5.74) is 1.12. The molecule has 1 aromatic heterocycles. The molecule has 1 aliphatic rings. The van der Waals surface area contributed by atoms with Gasteiger partial charge in [0.25, 0.3) is 0 Å². The summed E-state index contributed by atoms with van der Waals surface area (Å²) in [6.07, 6.45) is 4.25. The van der Waals surface area contributed by atoms with Gasteiger partial charge in [-0.2, -0.15) is 0 Å². The monoisotopic (exact) mass is 376 g/mol. The fourth-order valence-corrected chi connectivity index (χ4v) is 3.32. The van der Waals surface area contributed by atoms with Crippen molar-refractivity contribution in [2.75, 3.05) is 37.7 Å². The lowest BCUT2D eigenvalue weighted by molar-refractivity contribution is -0.122. The van der Waals surface area contributed by atoms with Gasteiger partial charge in [-0.05, 0) is 57.7 Å². The molecule has 0 saturated carbocycles. The molecule has 2 heterocycles. The Hall–Kier alpha value is -2.31. The van der Waals surface area contributed by atoms with Crippen LogP contribution in [0.2, 0.25) is 0 Å². The van der Waals surface area contributed by atoms with Crippen molar-refractivity contribution in [3.63, 3.8) is 0 Å². The van der Waals surface area contributed by atoms with Crippen LogP contribution in [-0.2, 0) is 16.0 Å². The summed E-state index contributed by atoms with van der Waals surface area (Å²) in [6, 6.07) is 4.17. The molecule has 1 N–H and O–H groups in total. The van der Waals surface area contributed by atoms with E-state index in [4.69, 9.17) is 4.74 Å². The Morgan fingerprint density at radius 2 is 1.96 bits per heavy atom. The molecular formula is C20H32N4O3. The van der Waals surface area contributed by atoms with E-state index in [0.717, 1.165) is 37.3 Å². The molecule has 0 aromatic carbocycles. The van der Waals surface area contributed by atoms with Crippen LogP contribution in [-0.4, -0.2) is 60.7 Å². The minimum absolute atomic E-state index is 0.0609. The Labute approximate surface area is 162 Å². The second-order valence-corrected chi connectivity index (χ2v) is 6.72. The molecule has 0 radical (unpaired) electrons. The van der Waals surface area contributed by atoms with Crippen LogP contribution in [0.5, 0.6) is 0 Å². The Morgan fingerprint density at radius 3 is 2.59 bits per heavy atom. The van der Waals surface area contributed by atoms with E-state index >= 15 is 0 Å². The Balaban J connectivity index is 1.76. The number of ether oxygens (including phenoxy) is 1. The second kappa shape index (κ2) is 10.7. The highest BCUT2D eigenvalue weighted by atomic mass is 16.6. The first-order chi connectivity index (χ1) is 13.1. The molecule has 2 amide bonds. The third-order valence-electron chi connectivity index (χ3n) is 4.92. The number of nitrogens with zero attached hydrogens (tertiary/aromatic N) is 3. The van der Waals surface area contributed by atoms with Gasteiger partial charge in [0.15, 0.2) is 0 Å². The van der Waals surface area contributed by atoms with Gasteiger partial charge < -0.3 is 19.9 Å². The third-order valence-corrected chi connectivity index (χ3v) is 4.92. The zero-order chi connectivity index (χ0) is 19.6. The van der Waals surface area contributed by atoms with Crippen molar-refractivity contribution in [1.82, 2.24) is 15.2 Å². The van der Waals surface area contributed by atoms with Gasteiger partial charge in [-0.15, -0.1) is 0 Å². The van der Waals surface area contributed by atoms with E-state index in [9.17, 15) is 9.59 Å². The summed E-state index contributed by atoms with van der Waals surface area (Å²) in [6.45, 7) is 9.49. The maximum atomic E-state index is 12.3. The number of aryl methyl sites for hydroxylation is 1. The smallest absolute Gasteiger partial charge is 0.409 e. The molecule has 150 valence electrons. The van der Waals surface area contributed by atoms with Crippen molar-refractivity contribution in [1.29, 1.82) is 0 Å². The number of carbonyl (C=O) groups excluding carboxylic acids is 2. The van der Waals surface area contributed by atoms with Crippen LogP contribution < -0.4 is 10.2 Å². The van der Waals surface area contributed by atoms with E-state index in [1.165, 1.54) is 0 Å². The number of likely N-dealkylation sites (tertiary alicyclic amines) is 1. The number of piperidine rings is 1. The summed E-state index contributed by atoms with van der Waals surface area (Å²) in [5, 5.41) is 3.10. The molecule has 7 heteroatoms. The first-order valence-electron chi connectivity index (χ1n) is 9.98. The lowest BCUT2D eigenvalue weighted by atomic mass is 10.0. The van der Waals surface area contributed by atoms with E-state index in [-0.39, 0.29) is 18.0 Å². The van der Waals surface area contributed by atoms with Crippen molar-refractivity contribution in [2.45, 2.75) is 52.5 Å². The van der Waals surface area contributed by atoms with Gasteiger partial charge in [0.1, 0.15) is 5.82 Å². The number of rotatable bonds is 8. The summed E-state index contributed by atoms with van der Waals surface area (Å²) >= 11 is 0. The van der Waals surface area contributed by atoms with Crippen LogP contribution in [0.1, 0.15) is 45.6 Å². The minimum Gasteiger partial charge on any atom is -0.450 e. The Morgan fingerprint density at radius 1 is 1.26 bits per heavy atom. The standard InChI is InChI=1S/C20H32N4O3/c1-4-23(5-2)18-15-16(9-12-21-18)7-8-19(25)22-17-10-13-24(14-11-17)20(26)27-6-3/h9,12,15,17H,4-8,10-11,13-14H2,1-3H3,(H,22,25). The number of hydrogen-bond donors (Lipinski definition) is 1. The first kappa shape index (κ1) is 21.0. The summed E-state index contributed by atoms with van der Waals surface area (Å²) in [4.78, 5) is 32.3. The van der Waals surface area contributed by atoms with Crippen molar-refractivity contribution >= 4 is 17.8 Å². The van der Waals surface area contributed by atoms with Crippen molar-refractivity contribution in [3.05, 3.63) is 23.9 Å². The molecule has 1 fully saturated rings. The van der Waals surface area contributed by atoms with Crippen LogP contribution in [0, 0.1) is 0 Å². The van der Waals surface area contributed by atoms with Crippen LogP contribution in [0.3, 0.4) is 0 Å². The molecule has 0 spiro atoms. The first-order valence-corrected chi connectivity index (χ1v) is 9.98. The van der Waals surface area contributed by atoms with Crippen molar-refractivity contribution in [3.8, 4) is 0 Å². The van der Waals surface area contributed by atoms with E-state index in [1.807, 2.05) is 12.3 Å². The molecule has 7 nitrogen and oxygen atoms in total. The van der Waals surface area contributed by atoms with Gasteiger partial charge in [-0.1, -0.05) is 0 Å². The van der Waals surface area contributed by atoms with E-state index in [0.29, 0.717) is 32.5 Å². The molecule has 0 unspecified atom stereocenters. The van der Waals surface area contributed by atoms with Crippen LogP contribution in [0.25, 0.3) is 0 Å². The fourth-order valence-electron chi connectivity index (χ4n) is 3.32. The highest BCUT2D eigenvalue weighted by Gasteiger charge is 2.24. The highest BCUT2D eigenvalue weighted by molar-refractivity contribution is 5.76. The van der Waals surface area contributed by atoms with Crippen LogP contribution in [0.4, 0.5) is 10.6 Å². The minimum atomic E-state index is -0.260. The topological polar surface area (TPSA) is 74.8 Å². The van der Waals surface area contributed by atoms with Gasteiger partial charge >= 0.3 is 6.09 Å². The molecule has 1 saturated heterocycles. The maximum Gasteiger partial charge on any atom is 0.409 e. The fraction of sp³-hybridized carbons (Fsp3) is 0.650. The van der Waals surface area contributed by atoms with E-state index in [2.05, 4.69) is 35.1 Å². The molecular weight excluding hydrogens is 344 g/mol. The molecule has 27 heavy (non-hydrogen) atoms. The molecule has 0 aliphatic carbocycles. The van der Waals surface area contributed by atoms with Gasteiger partial charge in [0.05, 0.1) is 6.61 Å².